The Labute approximate surface area is 158 Å². The maximum absolute atomic E-state index is 12.8. The molecule has 27 heavy (non-hydrogen) atoms. The number of likely N-dealkylation sites (tertiary alicyclic amines) is 1. The van der Waals surface area contributed by atoms with Gasteiger partial charge in [-0.1, -0.05) is 18.9 Å². The molecule has 0 unspecified atom stereocenters. The number of esters is 1. The molecule has 142 valence electrons. The Morgan fingerprint density at radius 2 is 2.07 bits per heavy atom. The predicted octanol–water partition coefficient (Wildman–Crippen LogP) is 2.98. The van der Waals surface area contributed by atoms with Crippen LogP contribution in [-0.2, 0) is 14.3 Å². The number of benzene rings is 1. The van der Waals surface area contributed by atoms with E-state index in [9.17, 15) is 9.59 Å². The molecule has 0 radical (unpaired) electrons. The van der Waals surface area contributed by atoms with Gasteiger partial charge in [-0.3, -0.25) is 19.5 Å². The number of hydrogen-bond acceptors (Lipinski definition) is 5. The summed E-state index contributed by atoms with van der Waals surface area (Å²) in [4.78, 5) is 31.5. The minimum atomic E-state index is -0.317. The first kappa shape index (κ1) is 17.9. The van der Waals surface area contributed by atoms with Gasteiger partial charge in [-0.15, -0.1) is 0 Å². The molecule has 2 aliphatic rings. The van der Waals surface area contributed by atoms with Crippen molar-refractivity contribution in [3.8, 4) is 0 Å². The number of methoxy groups -OCH3 is 1. The highest BCUT2D eigenvalue weighted by Gasteiger charge is 2.46. The fraction of sp³-hybridized carbons (Fsp3) is 0.476. The number of rotatable bonds is 4. The molecule has 1 saturated carbocycles. The van der Waals surface area contributed by atoms with Gasteiger partial charge in [0.2, 0.25) is 5.91 Å². The molecule has 2 heterocycles. The minimum Gasteiger partial charge on any atom is -0.468 e. The molecular formula is C21H25N3O3. The molecule has 4 rings (SSSR count). The average Bonchev–Trinajstić information content (AvgIpc) is 3.06. The fourth-order valence-corrected chi connectivity index (χ4v) is 4.72. The third kappa shape index (κ3) is 3.54. The number of anilines is 1. The van der Waals surface area contributed by atoms with Gasteiger partial charge < -0.3 is 10.1 Å². The summed E-state index contributed by atoms with van der Waals surface area (Å²) in [7, 11) is 1.42. The predicted molar refractivity (Wildman–Crippen MR) is 103 cm³/mol. The fourth-order valence-electron chi connectivity index (χ4n) is 4.72. The molecule has 0 spiro atoms. The highest BCUT2D eigenvalue weighted by atomic mass is 16.5. The number of nitrogens with zero attached hydrogens (tertiary/aromatic N) is 2. The maximum Gasteiger partial charge on any atom is 0.323 e. The van der Waals surface area contributed by atoms with Gasteiger partial charge in [0.25, 0.3) is 0 Å². The van der Waals surface area contributed by atoms with E-state index >= 15 is 0 Å². The van der Waals surface area contributed by atoms with E-state index in [1.807, 2.05) is 30.3 Å². The summed E-state index contributed by atoms with van der Waals surface area (Å²) in [5.74, 6) is 0.149. The molecule has 3 atom stereocenters. The van der Waals surface area contributed by atoms with Gasteiger partial charge in [-0.05, 0) is 49.4 Å². The zero-order chi connectivity index (χ0) is 18.8. The number of nitrogens with one attached hydrogen (secondary N) is 1. The van der Waals surface area contributed by atoms with Crippen LogP contribution in [0.25, 0.3) is 10.9 Å². The van der Waals surface area contributed by atoms with Gasteiger partial charge in [0.1, 0.15) is 6.04 Å². The highest BCUT2D eigenvalue weighted by Crippen LogP contribution is 2.39. The Morgan fingerprint density at radius 1 is 1.22 bits per heavy atom. The van der Waals surface area contributed by atoms with Crippen LogP contribution in [-0.4, -0.2) is 47.5 Å². The van der Waals surface area contributed by atoms with E-state index in [0.29, 0.717) is 12.0 Å². The molecule has 1 aromatic carbocycles. The number of carbonyl (C=O) groups is 2. The lowest BCUT2D eigenvalue weighted by Crippen LogP contribution is -2.46. The Balaban J connectivity index is 1.52. The average molecular weight is 367 g/mol. The number of pyridine rings is 1. The number of fused-ring (bicyclic) bond motifs is 2. The van der Waals surface area contributed by atoms with E-state index in [0.717, 1.165) is 42.3 Å². The Kier molecular flexibility index (Phi) is 5.07. The molecular weight excluding hydrogens is 342 g/mol. The van der Waals surface area contributed by atoms with Crippen molar-refractivity contribution in [3.05, 3.63) is 36.5 Å². The van der Waals surface area contributed by atoms with Crippen LogP contribution in [0.4, 0.5) is 5.69 Å². The molecule has 1 aliphatic heterocycles. The van der Waals surface area contributed by atoms with Gasteiger partial charge in [0.15, 0.2) is 0 Å². The van der Waals surface area contributed by atoms with Gasteiger partial charge in [0.05, 0.1) is 24.9 Å². The number of amides is 1. The number of ether oxygens (including phenoxy) is 1. The molecule has 2 fully saturated rings. The second-order valence-corrected chi connectivity index (χ2v) is 7.48. The van der Waals surface area contributed by atoms with Crippen LogP contribution in [0, 0.1) is 5.92 Å². The van der Waals surface area contributed by atoms with Crippen LogP contribution < -0.4 is 5.32 Å². The second-order valence-electron chi connectivity index (χ2n) is 7.48. The van der Waals surface area contributed by atoms with Crippen LogP contribution >= 0.6 is 0 Å². The lowest BCUT2D eigenvalue weighted by molar-refractivity contribution is -0.146. The Hall–Kier alpha value is -2.47. The maximum atomic E-state index is 12.8. The van der Waals surface area contributed by atoms with Gasteiger partial charge in [-0.25, -0.2) is 0 Å². The number of aromatic nitrogens is 1. The molecule has 1 aliphatic carbocycles. The lowest BCUT2D eigenvalue weighted by atomic mass is 9.85. The normalized spacial score (nSPS) is 25.1. The number of hydrogen-bond donors (Lipinski definition) is 1. The summed E-state index contributed by atoms with van der Waals surface area (Å²) in [6.07, 6.45) is 7.07. The summed E-state index contributed by atoms with van der Waals surface area (Å²) < 4.78 is 5.01. The SMILES string of the molecule is COC(=O)[C@@H]1C[C@@H]2CCCC[C@@H]2N1CC(=O)Nc1cccc2ncccc12. The number of carbonyl (C=O) groups excluding carboxylic acids is 2. The first-order valence-electron chi connectivity index (χ1n) is 9.64. The van der Waals surface area contributed by atoms with Crippen molar-refractivity contribution >= 4 is 28.5 Å². The van der Waals surface area contributed by atoms with Crippen LogP contribution in [0.2, 0.25) is 0 Å². The second kappa shape index (κ2) is 7.64. The van der Waals surface area contributed by atoms with Crippen molar-refractivity contribution in [1.82, 2.24) is 9.88 Å². The van der Waals surface area contributed by atoms with Crippen molar-refractivity contribution < 1.29 is 14.3 Å². The third-order valence-corrected chi connectivity index (χ3v) is 5.94. The third-order valence-electron chi connectivity index (χ3n) is 5.94. The molecule has 1 saturated heterocycles. The van der Waals surface area contributed by atoms with E-state index in [4.69, 9.17) is 4.74 Å². The smallest absolute Gasteiger partial charge is 0.323 e. The van der Waals surface area contributed by atoms with E-state index in [-0.39, 0.29) is 24.5 Å². The summed E-state index contributed by atoms with van der Waals surface area (Å²) in [6.45, 7) is 0.206. The van der Waals surface area contributed by atoms with Crippen molar-refractivity contribution in [2.75, 3.05) is 19.0 Å². The standard InChI is InChI=1S/C21H25N3O3/c1-27-21(26)19-12-14-6-2-3-10-18(14)24(19)13-20(25)23-17-9-4-8-16-15(17)7-5-11-22-16/h4-5,7-9,11,14,18-19H,2-3,6,10,12-13H2,1H3,(H,23,25)/t14-,18-,19-/m0/s1. The molecule has 6 nitrogen and oxygen atoms in total. The van der Waals surface area contributed by atoms with Crippen LogP contribution in [0.5, 0.6) is 0 Å². The highest BCUT2D eigenvalue weighted by molar-refractivity contribution is 6.01. The monoisotopic (exact) mass is 367 g/mol. The molecule has 1 N–H and O–H groups in total. The first-order valence-corrected chi connectivity index (χ1v) is 9.64. The van der Waals surface area contributed by atoms with Crippen LogP contribution in [0.1, 0.15) is 32.1 Å². The first-order chi connectivity index (χ1) is 13.2. The zero-order valence-electron chi connectivity index (χ0n) is 15.6. The topological polar surface area (TPSA) is 71.5 Å². The summed E-state index contributed by atoms with van der Waals surface area (Å²) in [5, 5.41) is 3.92. The van der Waals surface area contributed by atoms with E-state index < -0.39 is 0 Å². The molecule has 1 aromatic heterocycles. The van der Waals surface area contributed by atoms with Gasteiger partial charge >= 0.3 is 5.97 Å². The van der Waals surface area contributed by atoms with Crippen molar-refractivity contribution in [3.63, 3.8) is 0 Å². The minimum absolute atomic E-state index is 0.105. The summed E-state index contributed by atoms with van der Waals surface area (Å²) in [6, 6.07) is 9.47. The molecule has 6 heteroatoms. The molecule has 2 aromatic rings. The van der Waals surface area contributed by atoms with Crippen molar-refractivity contribution in [2.24, 2.45) is 5.92 Å². The molecule has 1 amide bonds. The van der Waals surface area contributed by atoms with E-state index in [2.05, 4.69) is 15.2 Å². The summed E-state index contributed by atoms with van der Waals surface area (Å²) in [5.41, 5.74) is 1.59. The van der Waals surface area contributed by atoms with Crippen LogP contribution in [0.3, 0.4) is 0 Å². The van der Waals surface area contributed by atoms with Gasteiger partial charge in [-0.2, -0.15) is 0 Å². The lowest BCUT2D eigenvalue weighted by Gasteiger charge is -2.32. The van der Waals surface area contributed by atoms with Gasteiger partial charge in [0, 0.05) is 17.6 Å². The Bertz CT molecular complexity index is 848. The van der Waals surface area contributed by atoms with E-state index in [1.54, 1.807) is 6.20 Å². The Morgan fingerprint density at radius 3 is 2.93 bits per heavy atom. The van der Waals surface area contributed by atoms with Crippen molar-refractivity contribution in [1.29, 1.82) is 0 Å². The summed E-state index contributed by atoms with van der Waals surface area (Å²) >= 11 is 0. The quantitative estimate of drug-likeness (QED) is 0.841. The largest absolute Gasteiger partial charge is 0.468 e. The van der Waals surface area contributed by atoms with Crippen LogP contribution in [0.15, 0.2) is 36.5 Å². The zero-order valence-corrected chi connectivity index (χ0v) is 15.6. The van der Waals surface area contributed by atoms with Crippen molar-refractivity contribution in [2.45, 2.75) is 44.2 Å². The molecule has 0 bridgehead atoms. The van der Waals surface area contributed by atoms with E-state index in [1.165, 1.54) is 13.5 Å².